The average Bonchev–Trinajstić information content (AvgIpc) is 2.71. The number of nitrogens with one attached hydrogen (secondary N) is 1. The standard InChI is InChI=1S/C20H16N4O4S/c1-12-3-5-16-13(7-12)8-14(10-21)20(23-16)29-11-19(25)22-17-6-4-15(28-2)9-18(17)24(26)27/h3-9H,11H2,1-2H3,(H,22,25). The Kier molecular flexibility index (Phi) is 5.95. The van der Waals surface area contributed by atoms with Gasteiger partial charge in [0, 0.05) is 5.39 Å². The number of amides is 1. The first-order chi connectivity index (χ1) is 13.9. The molecule has 146 valence electrons. The van der Waals surface area contributed by atoms with Gasteiger partial charge in [-0.3, -0.25) is 14.9 Å². The van der Waals surface area contributed by atoms with Crippen LogP contribution >= 0.6 is 11.8 Å². The molecule has 0 saturated carbocycles. The summed E-state index contributed by atoms with van der Waals surface area (Å²) < 4.78 is 4.98. The molecule has 0 fully saturated rings. The van der Waals surface area contributed by atoms with E-state index in [0.717, 1.165) is 28.2 Å². The minimum atomic E-state index is -0.591. The van der Waals surface area contributed by atoms with Gasteiger partial charge >= 0.3 is 0 Å². The highest BCUT2D eigenvalue weighted by Gasteiger charge is 2.18. The number of nitrogens with zero attached hydrogens (tertiary/aromatic N) is 3. The predicted octanol–water partition coefficient (Wildman–Crippen LogP) is 4.06. The molecule has 8 nitrogen and oxygen atoms in total. The zero-order valence-corrected chi connectivity index (χ0v) is 16.4. The van der Waals surface area contributed by atoms with Gasteiger partial charge < -0.3 is 10.1 Å². The molecule has 0 aliphatic carbocycles. The molecule has 0 atom stereocenters. The van der Waals surface area contributed by atoms with Crippen LogP contribution in [-0.4, -0.2) is 28.7 Å². The SMILES string of the molecule is COc1ccc(NC(=O)CSc2nc3ccc(C)cc3cc2C#N)c([N+](=O)[O-])c1. The zero-order chi connectivity index (χ0) is 21.0. The van der Waals surface area contributed by atoms with Crippen LogP contribution in [0.15, 0.2) is 47.5 Å². The lowest BCUT2D eigenvalue weighted by Gasteiger charge is -2.08. The Balaban J connectivity index is 1.77. The quantitative estimate of drug-likeness (QED) is 0.371. The van der Waals surface area contributed by atoms with Crippen LogP contribution in [0.25, 0.3) is 10.9 Å². The van der Waals surface area contributed by atoms with Crippen LogP contribution < -0.4 is 10.1 Å². The maximum atomic E-state index is 12.3. The molecule has 3 aromatic rings. The Morgan fingerprint density at radius 1 is 1.31 bits per heavy atom. The second-order valence-electron chi connectivity index (χ2n) is 6.13. The molecule has 1 N–H and O–H groups in total. The lowest BCUT2D eigenvalue weighted by atomic mass is 10.1. The van der Waals surface area contributed by atoms with Gasteiger partial charge in [-0.25, -0.2) is 4.98 Å². The van der Waals surface area contributed by atoms with E-state index in [0.29, 0.717) is 16.3 Å². The van der Waals surface area contributed by atoms with E-state index in [9.17, 15) is 20.2 Å². The van der Waals surface area contributed by atoms with Gasteiger partial charge in [0.15, 0.2) is 0 Å². The van der Waals surface area contributed by atoms with Crippen molar-refractivity contribution in [2.24, 2.45) is 0 Å². The fraction of sp³-hybridized carbons (Fsp3) is 0.150. The number of nitro groups is 1. The molecule has 0 spiro atoms. The number of nitriles is 1. The first-order valence-corrected chi connectivity index (χ1v) is 9.46. The van der Waals surface area contributed by atoms with Crippen LogP contribution in [0.1, 0.15) is 11.1 Å². The van der Waals surface area contributed by atoms with Crippen LogP contribution in [0.3, 0.4) is 0 Å². The van der Waals surface area contributed by atoms with Gasteiger partial charge in [0.2, 0.25) is 5.91 Å². The number of ether oxygens (including phenoxy) is 1. The molecule has 1 aromatic heterocycles. The molecule has 0 unspecified atom stereocenters. The highest BCUT2D eigenvalue weighted by atomic mass is 32.2. The summed E-state index contributed by atoms with van der Waals surface area (Å²) in [5.74, 6) is -0.182. The van der Waals surface area contributed by atoms with Crippen molar-refractivity contribution in [3.05, 3.63) is 63.7 Å². The van der Waals surface area contributed by atoms with Gasteiger partial charge in [0.25, 0.3) is 5.69 Å². The van der Waals surface area contributed by atoms with Gasteiger partial charge in [-0.05, 0) is 37.3 Å². The molecule has 0 bridgehead atoms. The number of carbonyl (C=O) groups is 1. The normalized spacial score (nSPS) is 10.4. The van der Waals surface area contributed by atoms with Crippen LogP contribution in [0.5, 0.6) is 5.75 Å². The number of hydrogen-bond donors (Lipinski definition) is 1. The monoisotopic (exact) mass is 408 g/mol. The average molecular weight is 408 g/mol. The maximum absolute atomic E-state index is 12.3. The summed E-state index contributed by atoms with van der Waals surface area (Å²) in [5.41, 5.74) is 1.96. The molecule has 1 heterocycles. The predicted molar refractivity (Wildman–Crippen MR) is 110 cm³/mol. The van der Waals surface area contributed by atoms with Crippen molar-refractivity contribution in [2.45, 2.75) is 11.9 Å². The number of benzene rings is 2. The Morgan fingerprint density at radius 3 is 2.79 bits per heavy atom. The zero-order valence-electron chi connectivity index (χ0n) is 15.6. The van der Waals surface area contributed by atoms with E-state index in [1.54, 1.807) is 6.07 Å². The Bertz CT molecular complexity index is 1160. The number of thioether (sulfide) groups is 1. The number of fused-ring (bicyclic) bond motifs is 1. The van der Waals surface area contributed by atoms with Crippen molar-refractivity contribution in [1.29, 1.82) is 5.26 Å². The summed E-state index contributed by atoms with van der Waals surface area (Å²) >= 11 is 1.10. The first kappa shape index (κ1) is 20.1. The Hall–Kier alpha value is -3.64. The minimum absolute atomic E-state index is 0.0533. The minimum Gasteiger partial charge on any atom is -0.496 e. The highest BCUT2D eigenvalue weighted by molar-refractivity contribution is 8.00. The lowest BCUT2D eigenvalue weighted by Crippen LogP contribution is -2.15. The van der Waals surface area contributed by atoms with Gasteiger partial charge in [-0.2, -0.15) is 5.26 Å². The number of nitro benzene ring substituents is 1. The molecule has 0 radical (unpaired) electrons. The molecule has 3 rings (SSSR count). The number of aromatic nitrogens is 1. The van der Waals surface area contributed by atoms with Crippen LogP contribution in [0.2, 0.25) is 0 Å². The first-order valence-electron chi connectivity index (χ1n) is 8.48. The molecule has 1 amide bonds. The molecule has 9 heteroatoms. The Labute approximate surface area is 170 Å². The second kappa shape index (κ2) is 8.58. The largest absolute Gasteiger partial charge is 0.496 e. The molecular weight excluding hydrogens is 392 g/mol. The van der Waals surface area contributed by atoms with E-state index in [-0.39, 0.29) is 17.1 Å². The summed E-state index contributed by atoms with van der Waals surface area (Å²) in [5, 5.41) is 24.4. The van der Waals surface area contributed by atoms with Crippen molar-refractivity contribution in [2.75, 3.05) is 18.2 Å². The van der Waals surface area contributed by atoms with Crippen molar-refractivity contribution in [1.82, 2.24) is 4.98 Å². The van der Waals surface area contributed by atoms with Crippen molar-refractivity contribution in [3.8, 4) is 11.8 Å². The number of anilines is 1. The lowest BCUT2D eigenvalue weighted by molar-refractivity contribution is -0.384. The molecule has 0 saturated heterocycles. The number of pyridine rings is 1. The van der Waals surface area contributed by atoms with E-state index in [1.165, 1.54) is 25.3 Å². The van der Waals surface area contributed by atoms with Gasteiger partial charge in [0.05, 0.1) is 34.9 Å². The highest BCUT2D eigenvalue weighted by Crippen LogP contribution is 2.30. The van der Waals surface area contributed by atoms with E-state index in [2.05, 4.69) is 16.4 Å². The number of hydrogen-bond acceptors (Lipinski definition) is 7. The van der Waals surface area contributed by atoms with Crippen molar-refractivity contribution < 1.29 is 14.5 Å². The molecular formula is C20H16N4O4S. The summed E-state index contributed by atoms with van der Waals surface area (Å²) in [6.45, 7) is 1.96. The van der Waals surface area contributed by atoms with E-state index in [1.807, 2.05) is 25.1 Å². The summed E-state index contributed by atoms with van der Waals surface area (Å²) in [6.07, 6.45) is 0. The second-order valence-corrected chi connectivity index (χ2v) is 7.09. The molecule has 0 aliphatic heterocycles. The molecule has 2 aromatic carbocycles. The summed E-state index contributed by atoms with van der Waals surface area (Å²) in [6, 6.07) is 13.7. The Morgan fingerprint density at radius 2 is 2.10 bits per heavy atom. The van der Waals surface area contributed by atoms with E-state index < -0.39 is 10.8 Å². The van der Waals surface area contributed by atoms with Crippen LogP contribution in [0.4, 0.5) is 11.4 Å². The fourth-order valence-electron chi connectivity index (χ4n) is 2.68. The third-order valence-electron chi connectivity index (χ3n) is 4.07. The van der Waals surface area contributed by atoms with Crippen molar-refractivity contribution in [3.63, 3.8) is 0 Å². The number of aryl methyl sites for hydroxylation is 1. The van der Waals surface area contributed by atoms with E-state index in [4.69, 9.17) is 4.74 Å². The molecule has 0 aliphatic rings. The van der Waals surface area contributed by atoms with Crippen LogP contribution in [0, 0.1) is 28.4 Å². The van der Waals surface area contributed by atoms with E-state index >= 15 is 0 Å². The van der Waals surface area contributed by atoms with Gasteiger partial charge in [0.1, 0.15) is 22.5 Å². The van der Waals surface area contributed by atoms with Crippen LogP contribution in [-0.2, 0) is 4.79 Å². The molecule has 29 heavy (non-hydrogen) atoms. The smallest absolute Gasteiger partial charge is 0.296 e. The summed E-state index contributed by atoms with van der Waals surface area (Å²) in [7, 11) is 1.40. The van der Waals surface area contributed by atoms with Crippen molar-refractivity contribution >= 4 is 39.9 Å². The topological polar surface area (TPSA) is 118 Å². The number of rotatable bonds is 6. The number of methoxy groups -OCH3 is 1. The third-order valence-corrected chi connectivity index (χ3v) is 5.06. The van der Waals surface area contributed by atoms with Gasteiger partial charge in [-0.1, -0.05) is 23.4 Å². The van der Waals surface area contributed by atoms with Gasteiger partial charge in [-0.15, -0.1) is 0 Å². The third kappa shape index (κ3) is 4.62. The maximum Gasteiger partial charge on any atom is 0.296 e. The number of carbonyl (C=O) groups excluding carboxylic acids is 1. The summed E-state index contributed by atoms with van der Waals surface area (Å²) in [4.78, 5) is 27.4. The fourth-order valence-corrected chi connectivity index (χ4v) is 3.45.